The zero-order chi connectivity index (χ0) is 27.6. The third-order valence-corrected chi connectivity index (χ3v) is 6.96. The SMILES string of the molecule is CC(C)n1c2cc(-c3cccc(S(=O)(=O)F)c3)c(OC(F)(F)F)cc2c(=O)c2c3ccc(C#N)cc3[nH]c21. The van der Waals surface area contributed by atoms with E-state index in [4.69, 9.17) is 0 Å². The highest BCUT2D eigenvalue weighted by atomic mass is 32.3. The average Bonchev–Trinajstić information content (AvgIpc) is 3.21. The Morgan fingerprint density at radius 1 is 1.05 bits per heavy atom. The molecule has 0 saturated heterocycles. The largest absolute Gasteiger partial charge is 0.573 e. The lowest BCUT2D eigenvalue weighted by molar-refractivity contribution is -0.274. The first-order chi connectivity index (χ1) is 17.8. The summed E-state index contributed by atoms with van der Waals surface area (Å²) in [5, 5.41) is 9.90. The molecule has 12 heteroatoms. The molecule has 0 aliphatic carbocycles. The lowest BCUT2D eigenvalue weighted by Crippen LogP contribution is -2.19. The van der Waals surface area contributed by atoms with Crippen molar-refractivity contribution in [3.8, 4) is 22.9 Å². The average molecular weight is 543 g/mol. The number of ether oxygens (including phenoxy) is 1. The van der Waals surface area contributed by atoms with Crippen molar-refractivity contribution in [2.75, 3.05) is 0 Å². The van der Waals surface area contributed by atoms with E-state index in [1.165, 1.54) is 24.3 Å². The highest BCUT2D eigenvalue weighted by Gasteiger charge is 2.33. The van der Waals surface area contributed by atoms with E-state index in [0.717, 1.165) is 18.2 Å². The third-order valence-electron chi connectivity index (χ3n) is 6.15. The van der Waals surface area contributed by atoms with Gasteiger partial charge in [-0.3, -0.25) is 4.79 Å². The van der Waals surface area contributed by atoms with Crippen molar-refractivity contribution < 1.29 is 30.2 Å². The molecule has 0 aliphatic heterocycles. The number of hydrogen-bond acceptors (Lipinski definition) is 5. The van der Waals surface area contributed by atoms with Crippen molar-refractivity contribution >= 4 is 43.1 Å². The minimum atomic E-state index is -5.15. The predicted molar refractivity (Wildman–Crippen MR) is 133 cm³/mol. The summed E-state index contributed by atoms with van der Waals surface area (Å²) in [6.07, 6.45) is -5.14. The van der Waals surface area contributed by atoms with Gasteiger partial charge in [-0.05, 0) is 55.8 Å². The number of pyridine rings is 1. The molecule has 5 aromatic rings. The second kappa shape index (κ2) is 8.59. The predicted octanol–water partition coefficient (Wildman–Crippen LogP) is 6.31. The summed E-state index contributed by atoms with van der Waals surface area (Å²) >= 11 is 0. The fourth-order valence-corrected chi connectivity index (χ4v) is 5.16. The number of halogens is 4. The van der Waals surface area contributed by atoms with Gasteiger partial charge >= 0.3 is 16.6 Å². The maximum absolute atomic E-state index is 13.7. The van der Waals surface area contributed by atoms with Gasteiger partial charge in [0.2, 0.25) is 0 Å². The summed E-state index contributed by atoms with van der Waals surface area (Å²) in [5.41, 5.74) is 0.637. The van der Waals surface area contributed by atoms with Gasteiger partial charge < -0.3 is 14.3 Å². The number of aromatic amines is 1. The van der Waals surface area contributed by atoms with Crippen LogP contribution in [0.2, 0.25) is 0 Å². The van der Waals surface area contributed by atoms with E-state index in [9.17, 15) is 35.5 Å². The van der Waals surface area contributed by atoms with Gasteiger partial charge in [0, 0.05) is 22.5 Å². The molecule has 194 valence electrons. The standard InChI is InChI=1S/C26H17F4N3O4S/c1-13(2)33-21-10-18(15-4-3-5-16(9-15)38(30,35)36)22(37-26(27,28)29)11-19(21)24(34)23-17-7-6-14(12-31)8-20(17)32-25(23)33/h3-11,13,32H,1-2H3. The number of nitrogens with zero attached hydrogens (tertiary/aromatic N) is 2. The Hall–Kier alpha value is -4.37. The summed E-state index contributed by atoms with van der Waals surface area (Å²) in [7, 11) is -5.15. The van der Waals surface area contributed by atoms with Crippen LogP contribution in [0.1, 0.15) is 25.5 Å². The molecule has 0 fully saturated rings. The van der Waals surface area contributed by atoms with E-state index < -0.39 is 32.7 Å². The van der Waals surface area contributed by atoms with Crippen LogP contribution in [0.4, 0.5) is 17.1 Å². The number of rotatable bonds is 4. The van der Waals surface area contributed by atoms with E-state index in [-0.39, 0.29) is 33.5 Å². The normalized spacial score (nSPS) is 12.5. The topological polar surface area (TPSA) is 105 Å². The van der Waals surface area contributed by atoms with E-state index >= 15 is 0 Å². The number of aromatic nitrogens is 2. The Labute approximate surface area is 212 Å². The second-order valence-corrected chi connectivity index (χ2v) is 10.2. The second-order valence-electron chi connectivity index (χ2n) is 8.89. The number of fused-ring (bicyclic) bond motifs is 4. The number of nitriles is 1. The number of alkyl halides is 3. The zero-order valence-corrected chi connectivity index (χ0v) is 20.5. The Kier molecular flexibility index (Phi) is 5.72. The molecule has 0 unspecified atom stereocenters. The van der Waals surface area contributed by atoms with E-state index in [2.05, 4.69) is 9.72 Å². The van der Waals surface area contributed by atoms with E-state index in [1.54, 1.807) is 16.7 Å². The van der Waals surface area contributed by atoms with Crippen LogP contribution in [0.25, 0.3) is 44.0 Å². The Bertz CT molecular complexity index is 1980. The third kappa shape index (κ3) is 4.24. The summed E-state index contributed by atoms with van der Waals surface area (Å²) < 4.78 is 82.8. The van der Waals surface area contributed by atoms with Crippen LogP contribution in [0.5, 0.6) is 5.75 Å². The lowest BCUT2D eigenvalue weighted by Gasteiger charge is -2.20. The van der Waals surface area contributed by atoms with Crippen molar-refractivity contribution in [3.63, 3.8) is 0 Å². The molecule has 7 nitrogen and oxygen atoms in total. The van der Waals surface area contributed by atoms with Crippen LogP contribution in [0.3, 0.4) is 0 Å². The van der Waals surface area contributed by atoms with Gasteiger partial charge in [-0.1, -0.05) is 18.2 Å². The van der Waals surface area contributed by atoms with Crippen molar-refractivity contribution in [1.29, 1.82) is 5.26 Å². The van der Waals surface area contributed by atoms with Crippen LogP contribution in [0.15, 0.2) is 64.3 Å². The quantitative estimate of drug-likeness (QED) is 0.211. The first-order valence-corrected chi connectivity index (χ1v) is 12.6. The fourth-order valence-electron chi connectivity index (χ4n) is 4.65. The molecule has 1 N–H and O–H groups in total. The Morgan fingerprint density at radius 3 is 2.42 bits per heavy atom. The fraction of sp³-hybridized carbons (Fsp3) is 0.154. The number of nitrogens with one attached hydrogen (secondary N) is 1. The van der Waals surface area contributed by atoms with Crippen LogP contribution < -0.4 is 10.2 Å². The summed E-state index contributed by atoms with van der Waals surface area (Å²) in [5.74, 6) is -0.753. The highest BCUT2D eigenvalue weighted by molar-refractivity contribution is 7.86. The van der Waals surface area contributed by atoms with Gasteiger partial charge in [0.25, 0.3) is 0 Å². The summed E-state index contributed by atoms with van der Waals surface area (Å²) in [4.78, 5) is 16.1. The molecule has 3 aromatic carbocycles. The van der Waals surface area contributed by atoms with Gasteiger partial charge in [0.1, 0.15) is 11.4 Å². The molecular weight excluding hydrogens is 526 g/mol. The molecule has 0 bridgehead atoms. The molecule has 0 radical (unpaired) electrons. The lowest BCUT2D eigenvalue weighted by atomic mass is 10.0. The highest BCUT2D eigenvalue weighted by Crippen LogP contribution is 2.39. The molecule has 5 rings (SSSR count). The van der Waals surface area contributed by atoms with Gasteiger partial charge in [-0.25, -0.2) is 0 Å². The maximum Gasteiger partial charge on any atom is 0.573 e. The van der Waals surface area contributed by atoms with Crippen LogP contribution in [-0.2, 0) is 10.2 Å². The van der Waals surface area contributed by atoms with Crippen molar-refractivity contribution in [1.82, 2.24) is 9.55 Å². The summed E-state index contributed by atoms with van der Waals surface area (Å²) in [6.45, 7) is 3.62. The Balaban J connectivity index is 1.95. The number of benzene rings is 3. The smallest absolute Gasteiger partial charge is 0.405 e. The molecular formula is C26H17F4N3O4S. The molecule has 0 spiro atoms. The molecule has 0 atom stereocenters. The molecule has 2 aromatic heterocycles. The Morgan fingerprint density at radius 2 is 1.79 bits per heavy atom. The number of hydrogen-bond donors (Lipinski definition) is 1. The monoisotopic (exact) mass is 543 g/mol. The minimum Gasteiger partial charge on any atom is -0.405 e. The zero-order valence-electron chi connectivity index (χ0n) is 19.7. The molecule has 0 amide bonds. The van der Waals surface area contributed by atoms with Crippen molar-refractivity contribution in [2.45, 2.75) is 31.1 Å². The van der Waals surface area contributed by atoms with Gasteiger partial charge in [0.15, 0.2) is 5.43 Å². The van der Waals surface area contributed by atoms with Crippen molar-refractivity contribution in [3.05, 3.63) is 70.4 Å². The molecule has 38 heavy (non-hydrogen) atoms. The van der Waals surface area contributed by atoms with Crippen molar-refractivity contribution in [2.24, 2.45) is 0 Å². The minimum absolute atomic E-state index is 0.0666. The van der Waals surface area contributed by atoms with Crippen LogP contribution in [-0.4, -0.2) is 24.3 Å². The van der Waals surface area contributed by atoms with Crippen LogP contribution in [0, 0.1) is 11.3 Å². The van der Waals surface area contributed by atoms with E-state index in [0.29, 0.717) is 22.1 Å². The number of H-pyrrole nitrogens is 1. The van der Waals surface area contributed by atoms with Gasteiger partial charge in [0.05, 0.1) is 32.8 Å². The maximum atomic E-state index is 13.7. The van der Waals surface area contributed by atoms with Gasteiger partial charge in [-0.2, -0.15) is 13.7 Å². The summed E-state index contributed by atoms with van der Waals surface area (Å²) in [6, 6.07) is 13.0. The molecule has 0 aliphatic rings. The van der Waals surface area contributed by atoms with Gasteiger partial charge in [-0.15, -0.1) is 17.1 Å². The molecule has 2 heterocycles. The first kappa shape index (κ1) is 25.3. The van der Waals surface area contributed by atoms with Crippen LogP contribution >= 0.6 is 0 Å². The first-order valence-electron chi connectivity index (χ1n) is 11.2. The molecule has 0 saturated carbocycles. The van der Waals surface area contributed by atoms with E-state index in [1.807, 2.05) is 19.9 Å².